The highest BCUT2D eigenvalue weighted by Gasteiger charge is 2.17. The highest BCUT2D eigenvalue weighted by molar-refractivity contribution is 14.0. The zero-order chi connectivity index (χ0) is 16.3. The van der Waals surface area contributed by atoms with Crippen LogP contribution in [0.3, 0.4) is 0 Å². The number of carbonyl (C=O) groups excluding carboxylic acids is 1. The van der Waals surface area contributed by atoms with Crippen LogP contribution in [-0.2, 0) is 4.79 Å². The topological polar surface area (TPSA) is 56.7 Å². The van der Waals surface area contributed by atoms with E-state index in [2.05, 4.69) is 27.8 Å². The van der Waals surface area contributed by atoms with E-state index in [1.807, 2.05) is 30.0 Å². The van der Waals surface area contributed by atoms with Gasteiger partial charge in [0.1, 0.15) is 6.54 Å². The molecule has 134 valence electrons. The fourth-order valence-electron chi connectivity index (χ4n) is 2.41. The third kappa shape index (κ3) is 7.74. The molecule has 0 aromatic heterocycles. The summed E-state index contributed by atoms with van der Waals surface area (Å²) in [5, 5.41) is 6.47. The van der Waals surface area contributed by atoms with Gasteiger partial charge in [-0.05, 0) is 31.9 Å². The highest BCUT2D eigenvalue weighted by Crippen LogP contribution is 2.15. The monoisotopic (exact) mass is 462 g/mol. The SMILES string of the molecule is CCNC(=NCC(=O)N1CCCC1)NCCSc1ccccc1.I. The lowest BCUT2D eigenvalue weighted by molar-refractivity contribution is -0.128. The van der Waals surface area contributed by atoms with Gasteiger partial charge in [0.15, 0.2) is 5.96 Å². The Morgan fingerprint density at radius 1 is 1.21 bits per heavy atom. The van der Waals surface area contributed by atoms with Crippen LogP contribution >= 0.6 is 35.7 Å². The molecule has 1 aliphatic heterocycles. The smallest absolute Gasteiger partial charge is 0.244 e. The fraction of sp³-hybridized carbons (Fsp3) is 0.529. The molecule has 1 aromatic carbocycles. The second-order valence-corrected chi connectivity index (χ2v) is 6.54. The molecule has 0 radical (unpaired) electrons. The lowest BCUT2D eigenvalue weighted by Gasteiger charge is -2.15. The van der Waals surface area contributed by atoms with E-state index in [1.165, 1.54) is 4.90 Å². The first-order chi connectivity index (χ1) is 11.3. The van der Waals surface area contributed by atoms with Crippen LogP contribution in [0, 0.1) is 0 Å². The molecule has 0 spiro atoms. The number of carbonyl (C=O) groups is 1. The Morgan fingerprint density at radius 2 is 1.92 bits per heavy atom. The number of halogens is 1. The van der Waals surface area contributed by atoms with Crippen molar-refractivity contribution in [2.75, 3.05) is 38.5 Å². The average Bonchev–Trinajstić information content (AvgIpc) is 3.11. The highest BCUT2D eigenvalue weighted by atomic mass is 127. The fourth-order valence-corrected chi connectivity index (χ4v) is 3.20. The van der Waals surface area contributed by atoms with Gasteiger partial charge in [-0.2, -0.15) is 0 Å². The molecule has 0 aliphatic carbocycles. The van der Waals surface area contributed by atoms with Crippen molar-refractivity contribution in [1.82, 2.24) is 15.5 Å². The minimum absolute atomic E-state index is 0. The lowest BCUT2D eigenvalue weighted by atomic mass is 10.4. The van der Waals surface area contributed by atoms with Gasteiger partial charge in [-0.1, -0.05) is 18.2 Å². The van der Waals surface area contributed by atoms with Crippen LogP contribution in [0.4, 0.5) is 0 Å². The quantitative estimate of drug-likeness (QED) is 0.215. The average molecular weight is 462 g/mol. The van der Waals surface area contributed by atoms with Gasteiger partial charge in [-0.3, -0.25) is 4.79 Å². The molecule has 1 heterocycles. The second kappa shape index (κ2) is 12.4. The van der Waals surface area contributed by atoms with Crippen molar-refractivity contribution in [2.24, 2.45) is 4.99 Å². The maximum absolute atomic E-state index is 12.0. The molecular formula is C17H27IN4OS. The minimum atomic E-state index is 0. The first-order valence-corrected chi connectivity index (χ1v) is 9.26. The number of hydrogen-bond acceptors (Lipinski definition) is 3. The predicted molar refractivity (Wildman–Crippen MR) is 112 cm³/mol. The number of likely N-dealkylation sites (tertiary alicyclic amines) is 1. The van der Waals surface area contributed by atoms with Gasteiger partial charge in [0.2, 0.25) is 5.91 Å². The van der Waals surface area contributed by atoms with E-state index in [1.54, 1.807) is 11.8 Å². The van der Waals surface area contributed by atoms with Gasteiger partial charge in [-0.15, -0.1) is 35.7 Å². The number of amides is 1. The molecule has 0 bridgehead atoms. The molecule has 7 heteroatoms. The molecule has 1 aromatic rings. The van der Waals surface area contributed by atoms with Crippen molar-refractivity contribution in [3.05, 3.63) is 30.3 Å². The standard InChI is InChI=1S/C17H26N4OS.HI/c1-2-18-17(20-14-16(22)21-11-6-7-12-21)19-10-13-23-15-8-4-3-5-9-15;/h3-5,8-9H,2,6-7,10-14H2,1H3,(H2,18,19,20);1H. The molecule has 2 N–H and O–H groups in total. The van der Waals surface area contributed by atoms with Crippen molar-refractivity contribution in [3.63, 3.8) is 0 Å². The van der Waals surface area contributed by atoms with E-state index in [0.29, 0.717) is 5.96 Å². The number of aliphatic imine (C=N–C) groups is 1. The first-order valence-electron chi connectivity index (χ1n) is 8.27. The maximum atomic E-state index is 12.0. The minimum Gasteiger partial charge on any atom is -0.357 e. The number of guanidine groups is 1. The Bertz CT molecular complexity index is 507. The van der Waals surface area contributed by atoms with Gasteiger partial charge in [0.25, 0.3) is 0 Å². The number of thioether (sulfide) groups is 1. The van der Waals surface area contributed by atoms with Gasteiger partial charge < -0.3 is 15.5 Å². The zero-order valence-corrected chi connectivity index (χ0v) is 17.3. The molecule has 1 aliphatic rings. The summed E-state index contributed by atoms with van der Waals surface area (Å²) >= 11 is 1.80. The van der Waals surface area contributed by atoms with Crippen molar-refractivity contribution in [2.45, 2.75) is 24.7 Å². The third-order valence-electron chi connectivity index (χ3n) is 3.58. The summed E-state index contributed by atoms with van der Waals surface area (Å²) in [6.45, 7) is 5.61. The Kier molecular flexibility index (Phi) is 10.9. The van der Waals surface area contributed by atoms with Crippen LogP contribution in [0.1, 0.15) is 19.8 Å². The van der Waals surface area contributed by atoms with Gasteiger partial charge in [-0.25, -0.2) is 4.99 Å². The molecule has 1 amide bonds. The van der Waals surface area contributed by atoms with Crippen molar-refractivity contribution >= 4 is 47.6 Å². The molecular weight excluding hydrogens is 435 g/mol. The number of nitrogens with zero attached hydrogens (tertiary/aromatic N) is 2. The number of rotatable bonds is 7. The Hall–Kier alpha value is -0.960. The normalized spacial score (nSPS) is 14.2. The van der Waals surface area contributed by atoms with E-state index in [-0.39, 0.29) is 36.4 Å². The van der Waals surface area contributed by atoms with Gasteiger partial charge >= 0.3 is 0 Å². The molecule has 24 heavy (non-hydrogen) atoms. The summed E-state index contributed by atoms with van der Waals surface area (Å²) in [5.74, 6) is 1.79. The second-order valence-electron chi connectivity index (χ2n) is 5.37. The summed E-state index contributed by atoms with van der Waals surface area (Å²) in [6, 6.07) is 10.3. The Balaban J connectivity index is 0.00000288. The molecule has 2 rings (SSSR count). The third-order valence-corrected chi connectivity index (χ3v) is 4.60. The van der Waals surface area contributed by atoms with Crippen molar-refractivity contribution in [3.8, 4) is 0 Å². The van der Waals surface area contributed by atoms with Crippen LogP contribution in [0.5, 0.6) is 0 Å². The van der Waals surface area contributed by atoms with Crippen LogP contribution in [0.15, 0.2) is 40.2 Å². The summed E-state index contributed by atoms with van der Waals surface area (Å²) < 4.78 is 0. The summed E-state index contributed by atoms with van der Waals surface area (Å²) in [5.41, 5.74) is 0. The van der Waals surface area contributed by atoms with Gasteiger partial charge in [0.05, 0.1) is 0 Å². The van der Waals surface area contributed by atoms with E-state index >= 15 is 0 Å². The zero-order valence-electron chi connectivity index (χ0n) is 14.2. The summed E-state index contributed by atoms with van der Waals surface area (Å²) in [4.78, 5) is 19.6. The number of hydrogen-bond donors (Lipinski definition) is 2. The first kappa shape index (κ1) is 21.1. The van der Waals surface area contributed by atoms with Crippen molar-refractivity contribution < 1.29 is 4.79 Å². The van der Waals surface area contributed by atoms with Crippen LogP contribution in [0.2, 0.25) is 0 Å². The maximum Gasteiger partial charge on any atom is 0.244 e. The van der Waals surface area contributed by atoms with Crippen LogP contribution < -0.4 is 10.6 Å². The van der Waals surface area contributed by atoms with E-state index in [4.69, 9.17) is 0 Å². The number of benzene rings is 1. The lowest BCUT2D eigenvalue weighted by Crippen LogP contribution is -2.39. The largest absolute Gasteiger partial charge is 0.357 e. The molecule has 0 unspecified atom stereocenters. The Labute approximate surface area is 166 Å². The number of nitrogens with one attached hydrogen (secondary N) is 2. The van der Waals surface area contributed by atoms with Gasteiger partial charge in [0, 0.05) is 36.8 Å². The molecule has 1 saturated heterocycles. The van der Waals surface area contributed by atoms with E-state index in [9.17, 15) is 4.79 Å². The van der Waals surface area contributed by atoms with E-state index < -0.39 is 0 Å². The predicted octanol–water partition coefficient (Wildman–Crippen LogP) is 2.57. The summed E-state index contributed by atoms with van der Waals surface area (Å²) in [6.07, 6.45) is 2.23. The molecule has 1 fully saturated rings. The molecule has 5 nitrogen and oxygen atoms in total. The van der Waals surface area contributed by atoms with E-state index in [0.717, 1.165) is 44.8 Å². The summed E-state index contributed by atoms with van der Waals surface area (Å²) in [7, 11) is 0. The Morgan fingerprint density at radius 3 is 2.58 bits per heavy atom. The molecule has 0 saturated carbocycles. The van der Waals surface area contributed by atoms with Crippen LogP contribution in [-0.4, -0.2) is 55.2 Å². The molecule has 0 atom stereocenters. The van der Waals surface area contributed by atoms with Crippen LogP contribution in [0.25, 0.3) is 0 Å². The van der Waals surface area contributed by atoms with Crippen molar-refractivity contribution in [1.29, 1.82) is 0 Å².